The Kier molecular flexibility index (Phi) is 3.94. The van der Waals surface area contributed by atoms with Crippen LogP contribution in [-0.4, -0.2) is 41.3 Å². The smallest absolute Gasteiger partial charge is 0.138 e. The second-order valence-corrected chi connectivity index (χ2v) is 6.08. The molecule has 2 rings (SSSR count). The van der Waals surface area contributed by atoms with Crippen molar-refractivity contribution in [1.82, 2.24) is 9.97 Å². The lowest BCUT2D eigenvalue weighted by Gasteiger charge is -2.25. The number of anilines is 2. The van der Waals surface area contributed by atoms with Gasteiger partial charge in [-0.05, 0) is 12.8 Å². The second kappa shape index (κ2) is 5.33. The van der Waals surface area contributed by atoms with Crippen LogP contribution in [0.2, 0.25) is 0 Å². The molecule has 1 aliphatic rings. The summed E-state index contributed by atoms with van der Waals surface area (Å²) in [5, 5.41) is 12.3. The summed E-state index contributed by atoms with van der Waals surface area (Å²) in [6.45, 7) is 7.12. The van der Waals surface area contributed by atoms with Crippen LogP contribution in [0.4, 0.5) is 11.6 Å². The SMILES string of the molecule is CNc1cc(N(CCO)C2CC2)nc(C(C)(C)C)n1. The predicted octanol–water partition coefficient (Wildman–Crippen LogP) is 1.78. The van der Waals surface area contributed by atoms with Crippen molar-refractivity contribution in [2.45, 2.75) is 45.1 Å². The van der Waals surface area contributed by atoms with Crippen molar-refractivity contribution >= 4 is 11.6 Å². The lowest BCUT2D eigenvalue weighted by atomic mass is 9.96. The Labute approximate surface area is 115 Å². The molecule has 0 saturated heterocycles. The van der Waals surface area contributed by atoms with Gasteiger partial charge < -0.3 is 15.3 Å². The highest BCUT2D eigenvalue weighted by Gasteiger charge is 2.31. The average molecular weight is 264 g/mol. The predicted molar refractivity (Wildman–Crippen MR) is 77.7 cm³/mol. The molecule has 0 radical (unpaired) electrons. The lowest BCUT2D eigenvalue weighted by Crippen LogP contribution is -2.31. The molecule has 5 heteroatoms. The first-order valence-corrected chi connectivity index (χ1v) is 6.90. The van der Waals surface area contributed by atoms with E-state index in [1.807, 2.05) is 13.1 Å². The van der Waals surface area contributed by atoms with E-state index in [1.54, 1.807) is 0 Å². The van der Waals surface area contributed by atoms with Crippen molar-refractivity contribution in [2.75, 3.05) is 30.4 Å². The van der Waals surface area contributed by atoms with E-state index in [1.165, 1.54) is 12.8 Å². The van der Waals surface area contributed by atoms with Gasteiger partial charge in [0.15, 0.2) is 0 Å². The average Bonchev–Trinajstić information content (AvgIpc) is 3.18. The molecule has 106 valence electrons. The minimum Gasteiger partial charge on any atom is -0.395 e. The molecule has 0 spiro atoms. The molecule has 1 aromatic heterocycles. The number of hydrogen-bond acceptors (Lipinski definition) is 5. The molecule has 1 aliphatic carbocycles. The van der Waals surface area contributed by atoms with Gasteiger partial charge in [-0.2, -0.15) is 0 Å². The summed E-state index contributed by atoms with van der Waals surface area (Å²) < 4.78 is 0. The molecular weight excluding hydrogens is 240 g/mol. The fourth-order valence-electron chi connectivity index (χ4n) is 2.02. The molecule has 0 bridgehead atoms. The van der Waals surface area contributed by atoms with Gasteiger partial charge in [0.1, 0.15) is 17.5 Å². The lowest BCUT2D eigenvalue weighted by molar-refractivity contribution is 0.301. The summed E-state index contributed by atoms with van der Waals surface area (Å²) in [5.74, 6) is 2.58. The fourth-order valence-corrected chi connectivity index (χ4v) is 2.02. The summed E-state index contributed by atoms with van der Waals surface area (Å²) in [5.41, 5.74) is -0.0873. The number of nitrogens with one attached hydrogen (secondary N) is 1. The topological polar surface area (TPSA) is 61.3 Å². The Morgan fingerprint density at radius 1 is 1.37 bits per heavy atom. The van der Waals surface area contributed by atoms with Crippen LogP contribution in [0.5, 0.6) is 0 Å². The summed E-state index contributed by atoms with van der Waals surface area (Å²) >= 11 is 0. The molecule has 19 heavy (non-hydrogen) atoms. The third-order valence-corrected chi connectivity index (χ3v) is 3.26. The van der Waals surface area contributed by atoms with Crippen molar-refractivity contribution in [3.8, 4) is 0 Å². The molecular formula is C14H24N4O. The highest BCUT2D eigenvalue weighted by Crippen LogP contribution is 2.32. The number of aliphatic hydroxyl groups excluding tert-OH is 1. The number of nitrogens with zero attached hydrogens (tertiary/aromatic N) is 3. The van der Waals surface area contributed by atoms with Gasteiger partial charge in [-0.3, -0.25) is 0 Å². The zero-order chi connectivity index (χ0) is 14.0. The van der Waals surface area contributed by atoms with Gasteiger partial charge in [-0.15, -0.1) is 0 Å². The van der Waals surface area contributed by atoms with E-state index in [0.717, 1.165) is 17.5 Å². The summed E-state index contributed by atoms with van der Waals surface area (Å²) in [6, 6.07) is 2.49. The van der Waals surface area contributed by atoms with E-state index in [4.69, 9.17) is 4.98 Å². The Morgan fingerprint density at radius 3 is 2.53 bits per heavy atom. The van der Waals surface area contributed by atoms with E-state index in [-0.39, 0.29) is 12.0 Å². The van der Waals surface area contributed by atoms with Crippen molar-refractivity contribution in [3.63, 3.8) is 0 Å². The number of rotatable bonds is 5. The van der Waals surface area contributed by atoms with Gasteiger partial charge in [0.05, 0.1) is 6.61 Å². The number of aliphatic hydroxyl groups is 1. The van der Waals surface area contributed by atoms with E-state index >= 15 is 0 Å². The molecule has 2 N–H and O–H groups in total. The van der Waals surface area contributed by atoms with Crippen LogP contribution >= 0.6 is 0 Å². The van der Waals surface area contributed by atoms with Crippen molar-refractivity contribution in [2.24, 2.45) is 0 Å². The first kappa shape index (κ1) is 14.1. The van der Waals surface area contributed by atoms with Gasteiger partial charge in [0, 0.05) is 31.1 Å². The second-order valence-electron chi connectivity index (χ2n) is 6.08. The zero-order valence-electron chi connectivity index (χ0n) is 12.3. The Morgan fingerprint density at radius 2 is 2.05 bits per heavy atom. The largest absolute Gasteiger partial charge is 0.395 e. The minimum absolute atomic E-state index is 0.0873. The maximum Gasteiger partial charge on any atom is 0.138 e. The van der Waals surface area contributed by atoms with E-state index < -0.39 is 0 Å². The van der Waals surface area contributed by atoms with Gasteiger partial charge >= 0.3 is 0 Å². The quantitative estimate of drug-likeness (QED) is 0.849. The summed E-state index contributed by atoms with van der Waals surface area (Å²) in [4.78, 5) is 11.4. The van der Waals surface area contributed by atoms with Crippen LogP contribution in [0, 0.1) is 0 Å². The van der Waals surface area contributed by atoms with E-state index in [0.29, 0.717) is 12.6 Å². The molecule has 1 aromatic rings. The van der Waals surface area contributed by atoms with Crippen molar-refractivity contribution in [3.05, 3.63) is 11.9 Å². The number of aromatic nitrogens is 2. The summed E-state index contributed by atoms with van der Waals surface area (Å²) in [7, 11) is 1.87. The highest BCUT2D eigenvalue weighted by atomic mass is 16.3. The molecule has 1 saturated carbocycles. The number of hydrogen-bond donors (Lipinski definition) is 2. The molecule has 1 fully saturated rings. The van der Waals surface area contributed by atoms with Crippen molar-refractivity contribution in [1.29, 1.82) is 0 Å². The van der Waals surface area contributed by atoms with Crippen LogP contribution in [-0.2, 0) is 5.41 Å². The molecule has 1 heterocycles. The maximum absolute atomic E-state index is 9.23. The minimum atomic E-state index is -0.0873. The van der Waals surface area contributed by atoms with Crippen LogP contribution < -0.4 is 10.2 Å². The highest BCUT2D eigenvalue weighted by molar-refractivity contribution is 5.51. The molecule has 0 aliphatic heterocycles. The van der Waals surface area contributed by atoms with Crippen molar-refractivity contribution < 1.29 is 5.11 Å². The maximum atomic E-state index is 9.23. The molecule has 0 aromatic carbocycles. The third-order valence-electron chi connectivity index (χ3n) is 3.26. The normalized spacial score (nSPS) is 15.4. The third kappa shape index (κ3) is 3.35. The van der Waals surface area contributed by atoms with Gasteiger partial charge in [-0.1, -0.05) is 20.8 Å². The van der Waals surface area contributed by atoms with Gasteiger partial charge in [0.25, 0.3) is 0 Å². The molecule has 0 unspecified atom stereocenters. The van der Waals surface area contributed by atoms with E-state index in [2.05, 4.69) is 36.0 Å². The summed E-state index contributed by atoms with van der Waals surface area (Å²) in [6.07, 6.45) is 2.37. The van der Waals surface area contributed by atoms with Crippen LogP contribution in [0.15, 0.2) is 6.07 Å². The Balaban J connectivity index is 2.37. The van der Waals surface area contributed by atoms with Crippen LogP contribution in [0.1, 0.15) is 39.4 Å². The standard InChI is InChI=1S/C14H24N4O/c1-14(2,3)13-16-11(15-4)9-12(17-13)18(7-8-19)10-5-6-10/h9-10,19H,5-8H2,1-4H3,(H,15,16,17). The molecule has 0 amide bonds. The first-order valence-electron chi connectivity index (χ1n) is 6.90. The van der Waals surface area contributed by atoms with Gasteiger partial charge in [-0.25, -0.2) is 9.97 Å². The van der Waals surface area contributed by atoms with Crippen LogP contribution in [0.25, 0.3) is 0 Å². The monoisotopic (exact) mass is 264 g/mol. The molecule has 0 atom stereocenters. The van der Waals surface area contributed by atoms with Crippen LogP contribution in [0.3, 0.4) is 0 Å². The first-order chi connectivity index (χ1) is 8.95. The Bertz CT molecular complexity index is 438. The van der Waals surface area contributed by atoms with Gasteiger partial charge in [0.2, 0.25) is 0 Å². The fraction of sp³-hybridized carbons (Fsp3) is 0.714. The zero-order valence-corrected chi connectivity index (χ0v) is 12.3. The van der Waals surface area contributed by atoms with E-state index in [9.17, 15) is 5.11 Å². The Hall–Kier alpha value is -1.36. The molecule has 5 nitrogen and oxygen atoms in total.